The molecule has 0 saturated heterocycles. The first-order valence-electron chi connectivity index (χ1n) is 11.2. The van der Waals surface area contributed by atoms with Crippen molar-refractivity contribution in [1.29, 1.82) is 0 Å². The summed E-state index contributed by atoms with van der Waals surface area (Å²) in [5, 5.41) is 13.7. The first-order chi connectivity index (χ1) is 16.3. The first kappa shape index (κ1) is 25.1. The fraction of sp³-hybridized carbons (Fsp3) is 0.400. The molecule has 0 heterocycles. The Kier molecular flexibility index (Phi) is 8.56. The SMILES string of the molecule is CC(CCCC(=O)NC(CC(F)F)C(=O)O)NC(=O)OCC1c2ccccc2-c2ccccc21. The lowest BCUT2D eigenvalue weighted by molar-refractivity contribution is -0.143. The minimum absolute atomic E-state index is 0.0380. The molecule has 9 heteroatoms. The Hall–Kier alpha value is -3.49. The van der Waals surface area contributed by atoms with Gasteiger partial charge in [0.2, 0.25) is 12.3 Å². The summed E-state index contributed by atoms with van der Waals surface area (Å²) in [6.07, 6.45) is -3.60. The molecule has 182 valence electrons. The largest absolute Gasteiger partial charge is 0.480 e. The lowest BCUT2D eigenvalue weighted by atomic mass is 9.98. The standard InChI is InChI=1S/C25H28F2N2O5/c1-15(7-6-12-23(30)29-21(24(31)32)13-22(26)27)28-25(33)34-14-20-18-10-4-2-8-16(18)17-9-3-5-11-19(17)20/h2-5,8-11,15,20-22H,6-7,12-14H2,1H3,(H,28,33)(H,29,30)(H,31,32). The van der Waals surface area contributed by atoms with Crippen molar-refractivity contribution >= 4 is 18.0 Å². The van der Waals surface area contributed by atoms with Crippen LogP contribution in [0, 0.1) is 0 Å². The Morgan fingerprint density at radius 1 is 1.00 bits per heavy atom. The van der Waals surface area contributed by atoms with Crippen LogP contribution in [0.4, 0.5) is 13.6 Å². The maximum atomic E-state index is 12.4. The summed E-state index contributed by atoms with van der Waals surface area (Å²) in [4.78, 5) is 35.1. The molecule has 1 aliphatic carbocycles. The van der Waals surface area contributed by atoms with Gasteiger partial charge in [-0.2, -0.15) is 0 Å². The smallest absolute Gasteiger partial charge is 0.407 e. The summed E-state index contributed by atoms with van der Waals surface area (Å²) in [5.74, 6) is -2.17. The summed E-state index contributed by atoms with van der Waals surface area (Å²) in [6, 6.07) is 14.1. The third kappa shape index (κ3) is 6.52. The van der Waals surface area contributed by atoms with Crippen LogP contribution in [0.25, 0.3) is 11.1 Å². The van der Waals surface area contributed by atoms with Gasteiger partial charge in [0.1, 0.15) is 12.6 Å². The van der Waals surface area contributed by atoms with E-state index in [0.29, 0.717) is 12.8 Å². The maximum absolute atomic E-state index is 12.4. The van der Waals surface area contributed by atoms with Crippen molar-refractivity contribution in [3.05, 3.63) is 59.7 Å². The number of fused-ring (bicyclic) bond motifs is 3. The van der Waals surface area contributed by atoms with Crippen LogP contribution in [0.3, 0.4) is 0 Å². The number of alkyl halides is 2. The van der Waals surface area contributed by atoms with Crippen molar-refractivity contribution in [2.24, 2.45) is 0 Å². The Balaban J connectivity index is 1.42. The number of carboxylic acids is 1. The third-order valence-corrected chi connectivity index (χ3v) is 5.80. The predicted octanol–water partition coefficient (Wildman–Crippen LogP) is 4.31. The molecule has 2 aromatic rings. The number of hydrogen-bond donors (Lipinski definition) is 3. The lowest BCUT2D eigenvalue weighted by Crippen LogP contribution is -2.42. The van der Waals surface area contributed by atoms with E-state index in [1.807, 2.05) is 36.4 Å². The molecule has 2 unspecified atom stereocenters. The van der Waals surface area contributed by atoms with E-state index in [4.69, 9.17) is 9.84 Å². The van der Waals surface area contributed by atoms with Crippen LogP contribution in [-0.4, -0.2) is 48.2 Å². The summed E-state index contributed by atoms with van der Waals surface area (Å²) in [6.45, 7) is 1.95. The third-order valence-electron chi connectivity index (χ3n) is 5.80. The molecule has 2 atom stereocenters. The van der Waals surface area contributed by atoms with Gasteiger partial charge in [-0.05, 0) is 42.0 Å². The van der Waals surface area contributed by atoms with E-state index in [2.05, 4.69) is 22.8 Å². The van der Waals surface area contributed by atoms with Crippen molar-refractivity contribution in [3.8, 4) is 11.1 Å². The van der Waals surface area contributed by atoms with Gasteiger partial charge in [0.15, 0.2) is 0 Å². The zero-order valence-electron chi connectivity index (χ0n) is 18.8. The van der Waals surface area contributed by atoms with E-state index in [9.17, 15) is 23.2 Å². The number of carbonyl (C=O) groups excluding carboxylic acids is 2. The number of alkyl carbamates (subject to hydrolysis) is 1. The number of nitrogens with one attached hydrogen (secondary N) is 2. The van der Waals surface area contributed by atoms with Gasteiger partial charge in [-0.1, -0.05) is 48.5 Å². The van der Waals surface area contributed by atoms with Crippen LogP contribution < -0.4 is 10.6 Å². The molecule has 3 N–H and O–H groups in total. The molecule has 0 bridgehead atoms. The molecule has 3 rings (SSSR count). The van der Waals surface area contributed by atoms with Crippen molar-refractivity contribution in [2.75, 3.05) is 6.61 Å². The lowest BCUT2D eigenvalue weighted by Gasteiger charge is -2.17. The Morgan fingerprint density at radius 3 is 2.15 bits per heavy atom. The fourth-order valence-electron chi connectivity index (χ4n) is 4.15. The van der Waals surface area contributed by atoms with Crippen molar-refractivity contribution in [1.82, 2.24) is 10.6 Å². The van der Waals surface area contributed by atoms with Gasteiger partial charge in [0.05, 0.1) is 0 Å². The topological polar surface area (TPSA) is 105 Å². The Bertz CT molecular complexity index is 984. The maximum Gasteiger partial charge on any atom is 0.407 e. The number of hydrogen-bond acceptors (Lipinski definition) is 4. The normalized spacial score (nSPS) is 14.1. The number of amides is 2. The highest BCUT2D eigenvalue weighted by Gasteiger charge is 2.29. The van der Waals surface area contributed by atoms with Gasteiger partial charge in [0.25, 0.3) is 0 Å². The van der Waals surface area contributed by atoms with Crippen LogP contribution in [0.5, 0.6) is 0 Å². The zero-order chi connectivity index (χ0) is 24.7. The molecule has 0 aliphatic heterocycles. The van der Waals surface area contributed by atoms with E-state index in [-0.39, 0.29) is 25.0 Å². The van der Waals surface area contributed by atoms with Gasteiger partial charge in [-0.3, -0.25) is 4.79 Å². The van der Waals surface area contributed by atoms with Crippen molar-refractivity contribution in [3.63, 3.8) is 0 Å². The second-order valence-corrected chi connectivity index (χ2v) is 8.35. The van der Waals surface area contributed by atoms with Crippen LogP contribution >= 0.6 is 0 Å². The summed E-state index contributed by atoms with van der Waals surface area (Å²) < 4.78 is 30.3. The average molecular weight is 475 g/mol. The number of ether oxygens (including phenoxy) is 1. The van der Waals surface area contributed by atoms with Gasteiger partial charge >= 0.3 is 12.1 Å². The van der Waals surface area contributed by atoms with Crippen LogP contribution in [0.15, 0.2) is 48.5 Å². The molecular weight excluding hydrogens is 446 g/mol. The predicted molar refractivity (Wildman–Crippen MR) is 122 cm³/mol. The van der Waals surface area contributed by atoms with E-state index < -0.39 is 36.9 Å². The minimum atomic E-state index is -2.83. The summed E-state index contributed by atoms with van der Waals surface area (Å²) in [5.41, 5.74) is 4.50. The molecule has 0 saturated carbocycles. The average Bonchev–Trinajstić information content (AvgIpc) is 3.10. The minimum Gasteiger partial charge on any atom is -0.480 e. The highest BCUT2D eigenvalue weighted by molar-refractivity contribution is 5.83. The van der Waals surface area contributed by atoms with Crippen LogP contribution in [0.1, 0.15) is 49.7 Å². The molecule has 2 amide bonds. The first-order valence-corrected chi connectivity index (χ1v) is 11.2. The van der Waals surface area contributed by atoms with Crippen molar-refractivity contribution in [2.45, 2.75) is 57.0 Å². The monoisotopic (exact) mass is 474 g/mol. The van der Waals surface area contributed by atoms with Crippen LogP contribution in [0.2, 0.25) is 0 Å². The van der Waals surface area contributed by atoms with E-state index in [1.165, 1.54) is 0 Å². The van der Waals surface area contributed by atoms with Crippen LogP contribution in [-0.2, 0) is 14.3 Å². The van der Waals surface area contributed by atoms with Gasteiger partial charge in [0, 0.05) is 24.8 Å². The molecular formula is C25H28F2N2O5. The quantitative estimate of drug-likeness (QED) is 0.450. The number of halogens is 2. The molecule has 0 aromatic heterocycles. The number of carboxylic acid groups (broad SMARTS) is 1. The second kappa shape index (κ2) is 11.6. The number of carbonyl (C=O) groups is 3. The molecule has 7 nitrogen and oxygen atoms in total. The van der Waals surface area contributed by atoms with Gasteiger partial charge < -0.3 is 20.5 Å². The highest BCUT2D eigenvalue weighted by Crippen LogP contribution is 2.44. The zero-order valence-corrected chi connectivity index (χ0v) is 18.8. The van der Waals surface area contributed by atoms with Crippen molar-refractivity contribution < 1.29 is 33.0 Å². The number of rotatable bonds is 11. The molecule has 2 aromatic carbocycles. The second-order valence-electron chi connectivity index (χ2n) is 8.35. The molecule has 34 heavy (non-hydrogen) atoms. The van der Waals surface area contributed by atoms with E-state index in [1.54, 1.807) is 6.92 Å². The molecule has 1 aliphatic rings. The Morgan fingerprint density at radius 2 is 1.59 bits per heavy atom. The van der Waals surface area contributed by atoms with Gasteiger partial charge in [-0.15, -0.1) is 0 Å². The fourth-order valence-corrected chi connectivity index (χ4v) is 4.15. The molecule has 0 spiro atoms. The Labute approximate surface area is 196 Å². The molecule has 0 fully saturated rings. The number of benzene rings is 2. The molecule has 0 radical (unpaired) electrons. The number of aliphatic carboxylic acids is 1. The van der Waals surface area contributed by atoms with E-state index in [0.717, 1.165) is 22.3 Å². The highest BCUT2D eigenvalue weighted by atomic mass is 19.3. The summed E-state index contributed by atoms with van der Waals surface area (Å²) >= 11 is 0. The van der Waals surface area contributed by atoms with Gasteiger partial charge in [-0.25, -0.2) is 18.4 Å². The summed E-state index contributed by atoms with van der Waals surface area (Å²) in [7, 11) is 0. The van der Waals surface area contributed by atoms with E-state index >= 15 is 0 Å².